The zero-order chi connectivity index (χ0) is 11.5. The van der Waals surface area contributed by atoms with Crippen molar-refractivity contribution in [2.75, 3.05) is 0 Å². The van der Waals surface area contributed by atoms with Crippen LogP contribution in [0.25, 0.3) is 0 Å². The van der Waals surface area contributed by atoms with Crippen LogP contribution in [0.15, 0.2) is 22.7 Å². The van der Waals surface area contributed by atoms with Crippen LogP contribution in [-0.2, 0) is 0 Å². The molecule has 4 heteroatoms. The van der Waals surface area contributed by atoms with Crippen LogP contribution < -0.4 is 5.73 Å². The van der Waals surface area contributed by atoms with E-state index in [4.69, 9.17) is 5.73 Å². The molecule has 0 aliphatic heterocycles. The van der Waals surface area contributed by atoms with E-state index in [-0.39, 0.29) is 24.3 Å². The molecule has 2 rings (SSSR count). The van der Waals surface area contributed by atoms with Crippen molar-refractivity contribution in [1.82, 2.24) is 0 Å². The van der Waals surface area contributed by atoms with Gasteiger partial charge in [0.25, 0.3) is 0 Å². The summed E-state index contributed by atoms with van der Waals surface area (Å²) in [5.41, 5.74) is 7.15. The SMILES string of the molecule is Cl.N[C@H](c1cc(F)ccc1Br)C1CCCCC1. The second kappa shape index (κ2) is 6.72. The van der Waals surface area contributed by atoms with Gasteiger partial charge in [-0.15, -0.1) is 12.4 Å². The van der Waals surface area contributed by atoms with E-state index in [1.165, 1.54) is 38.2 Å². The molecule has 96 valence electrons. The zero-order valence-corrected chi connectivity index (χ0v) is 12.1. The molecule has 0 heterocycles. The molecule has 1 fully saturated rings. The lowest BCUT2D eigenvalue weighted by atomic mass is 9.81. The summed E-state index contributed by atoms with van der Waals surface area (Å²) >= 11 is 3.45. The Morgan fingerprint density at radius 2 is 1.88 bits per heavy atom. The van der Waals surface area contributed by atoms with Crippen LogP contribution in [0.2, 0.25) is 0 Å². The van der Waals surface area contributed by atoms with Gasteiger partial charge in [-0.05, 0) is 42.5 Å². The summed E-state index contributed by atoms with van der Waals surface area (Å²) in [7, 11) is 0. The number of halogens is 3. The van der Waals surface area contributed by atoms with E-state index in [0.717, 1.165) is 10.0 Å². The Hall–Kier alpha value is -0.120. The Morgan fingerprint density at radius 1 is 1.24 bits per heavy atom. The molecule has 0 amide bonds. The van der Waals surface area contributed by atoms with Crippen molar-refractivity contribution >= 4 is 28.3 Å². The minimum atomic E-state index is -0.204. The Kier molecular flexibility index (Phi) is 5.90. The lowest BCUT2D eigenvalue weighted by molar-refractivity contribution is 0.307. The van der Waals surface area contributed by atoms with Crippen molar-refractivity contribution in [1.29, 1.82) is 0 Å². The molecule has 1 saturated carbocycles. The average Bonchev–Trinajstić information content (AvgIpc) is 2.32. The van der Waals surface area contributed by atoms with Crippen LogP contribution >= 0.6 is 28.3 Å². The molecule has 1 atom stereocenters. The van der Waals surface area contributed by atoms with E-state index in [0.29, 0.717) is 5.92 Å². The third-order valence-electron chi connectivity index (χ3n) is 3.47. The molecular formula is C13H18BrClFN. The summed E-state index contributed by atoms with van der Waals surface area (Å²) in [5.74, 6) is 0.302. The maximum atomic E-state index is 13.2. The number of hydrogen-bond acceptors (Lipinski definition) is 1. The minimum absolute atomic E-state index is 0. The van der Waals surface area contributed by atoms with Gasteiger partial charge >= 0.3 is 0 Å². The zero-order valence-electron chi connectivity index (χ0n) is 9.66. The number of rotatable bonds is 2. The lowest BCUT2D eigenvalue weighted by Gasteiger charge is -2.28. The fraction of sp³-hybridized carbons (Fsp3) is 0.538. The first-order valence-electron chi connectivity index (χ1n) is 5.89. The Morgan fingerprint density at radius 3 is 2.53 bits per heavy atom. The first-order valence-corrected chi connectivity index (χ1v) is 6.68. The summed E-state index contributed by atoms with van der Waals surface area (Å²) in [6.07, 6.45) is 6.17. The fourth-order valence-corrected chi connectivity index (χ4v) is 3.03. The van der Waals surface area contributed by atoms with E-state index < -0.39 is 0 Å². The van der Waals surface area contributed by atoms with Crippen LogP contribution in [-0.4, -0.2) is 0 Å². The second-order valence-electron chi connectivity index (χ2n) is 4.59. The molecule has 0 unspecified atom stereocenters. The molecule has 1 aromatic rings. The standard InChI is InChI=1S/C13H17BrFN.ClH/c14-12-7-6-10(15)8-11(12)13(16)9-4-2-1-3-5-9;/h6-9,13H,1-5,16H2;1H/t13-;/m0./s1. The van der Waals surface area contributed by atoms with Gasteiger partial charge in [-0.2, -0.15) is 0 Å². The highest BCUT2D eigenvalue weighted by Crippen LogP contribution is 2.35. The maximum Gasteiger partial charge on any atom is 0.123 e. The van der Waals surface area contributed by atoms with Crippen LogP contribution in [0.3, 0.4) is 0 Å². The highest BCUT2D eigenvalue weighted by atomic mass is 79.9. The van der Waals surface area contributed by atoms with Crippen molar-refractivity contribution in [2.45, 2.75) is 38.1 Å². The van der Waals surface area contributed by atoms with Gasteiger partial charge in [-0.3, -0.25) is 0 Å². The molecule has 0 aromatic heterocycles. The summed E-state index contributed by atoms with van der Waals surface area (Å²) in [6, 6.07) is 4.73. The number of hydrogen-bond donors (Lipinski definition) is 1. The molecule has 1 aliphatic carbocycles. The van der Waals surface area contributed by atoms with E-state index in [1.807, 2.05) is 0 Å². The van der Waals surface area contributed by atoms with Gasteiger partial charge in [0.1, 0.15) is 5.82 Å². The van der Waals surface area contributed by atoms with E-state index in [2.05, 4.69) is 15.9 Å². The van der Waals surface area contributed by atoms with Crippen molar-refractivity contribution in [3.8, 4) is 0 Å². The molecule has 1 nitrogen and oxygen atoms in total. The minimum Gasteiger partial charge on any atom is -0.324 e. The summed E-state index contributed by atoms with van der Waals surface area (Å²) in [6.45, 7) is 0. The molecule has 17 heavy (non-hydrogen) atoms. The fourth-order valence-electron chi connectivity index (χ4n) is 2.52. The highest BCUT2D eigenvalue weighted by molar-refractivity contribution is 9.10. The van der Waals surface area contributed by atoms with Crippen molar-refractivity contribution < 1.29 is 4.39 Å². The van der Waals surface area contributed by atoms with Gasteiger partial charge in [0.05, 0.1) is 0 Å². The van der Waals surface area contributed by atoms with Gasteiger partial charge in [0, 0.05) is 10.5 Å². The Labute approximate surface area is 117 Å². The predicted molar refractivity (Wildman–Crippen MR) is 74.9 cm³/mol. The molecule has 0 saturated heterocycles. The summed E-state index contributed by atoms with van der Waals surface area (Å²) in [4.78, 5) is 0. The molecule has 0 bridgehead atoms. The predicted octanol–water partition coefficient (Wildman–Crippen LogP) is 4.59. The second-order valence-corrected chi connectivity index (χ2v) is 5.44. The molecule has 2 N–H and O–H groups in total. The van der Waals surface area contributed by atoms with Crippen molar-refractivity contribution in [2.24, 2.45) is 11.7 Å². The van der Waals surface area contributed by atoms with Crippen LogP contribution in [0, 0.1) is 11.7 Å². The normalized spacial score (nSPS) is 18.5. The summed E-state index contributed by atoms with van der Waals surface area (Å²) < 4.78 is 14.1. The molecule has 0 spiro atoms. The number of benzene rings is 1. The highest BCUT2D eigenvalue weighted by Gasteiger charge is 2.23. The largest absolute Gasteiger partial charge is 0.324 e. The van der Waals surface area contributed by atoms with E-state index in [1.54, 1.807) is 12.1 Å². The Bertz CT molecular complexity index is 366. The monoisotopic (exact) mass is 321 g/mol. The van der Waals surface area contributed by atoms with Gasteiger partial charge < -0.3 is 5.73 Å². The topological polar surface area (TPSA) is 26.0 Å². The van der Waals surface area contributed by atoms with E-state index >= 15 is 0 Å². The smallest absolute Gasteiger partial charge is 0.123 e. The molecule has 0 radical (unpaired) electrons. The first kappa shape index (κ1) is 14.9. The summed E-state index contributed by atoms with van der Waals surface area (Å²) in [5, 5.41) is 0. The third kappa shape index (κ3) is 3.67. The van der Waals surface area contributed by atoms with Gasteiger partial charge in [-0.25, -0.2) is 4.39 Å². The van der Waals surface area contributed by atoms with Crippen LogP contribution in [0.1, 0.15) is 43.7 Å². The average molecular weight is 323 g/mol. The molecule has 1 aromatic carbocycles. The maximum absolute atomic E-state index is 13.2. The lowest BCUT2D eigenvalue weighted by Crippen LogP contribution is -2.24. The molecule has 1 aliphatic rings. The van der Waals surface area contributed by atoms with E-state index in [9.17, 15) is 4.39 Å². The van der Waals surface area contributed by atoms with Gasteiger partial charge in [0.2, 0.25) is 0 Å². The quantitative estimate of drug-likeness (QED) is 0.846. The van der Waals surface area contributed by atoms with Crippen LogP contribution in [0.5, 0.6) is 0 Å². The van der Waals surface area contributed by atoms with Gasteiger partial charge in [-0.1, -0.05) is 35.2 Å². The number of nitrogens with two attached hydrogens (primary N) is 1. The van der Waals surface area contributed by atoms with Gasteiger partial charge in [0.15, 0.2) is 0 Å². The first-order chi connectivity index (χ1) is 7.68. The van der Waals surface area contributed by atoms with Crippen LogP contribution in [0.4, 0.5) is 4.39 Å². The Balaban J connectivity index is 0.00000144. The third-order valence-corrected chi connectivity index (χ3v) is 4.20. The van der Waals surface area contributed by atoms with Crippen molar-refractivity contribution in [3.63, 3.8) is 0 Å². The van der Waals surface area contributed by atoms with Crippen molar-refractivity contribution in [3.05, 3.63) is 34.1 Å². The molecular weight excluding hydrogens is 305 g/mol.